The summed E-state index contributed by atoms with van der Waals surface area (Å²) in [4.78, 5) is 18.5. The van der Waals surface area contributed by atoms with Crippen molar-refractivity contribution in [3.05, 3.63) is 70.8 Å². The van der Waals surface area contributed by atoms with Crippen LogP contribution in [0.5, 0.6) is 0 Å². The van der Waals surface area contributed by atoms with Crippen molar-refractivity contribution >= 4 is 40.5 Å². The molecule has 3 aliphatic rings. The molecule has 9 heteroatoms. The molecule has 0 saturated carbocycles. The van der Waals surface area contributed by atoms with E-state index in [4.69, 9.17) is 16.5 Å². The number of amidine groups is 1. The monoisotopic (exact) mass is 596 g/mol. The van der Waals surface area contributed by atoms with Crippen molar-refractivity contribution < 1.29 is 4.39 Å². The normalized spacial score (nSPS) is 18.7. The van der Waals surface area contributed by atoms with Gasteiger partial charge in [-0.25, -0.2) is 14.4 Å². The number of benzene rings is 2. The van der Waals surface area contributed by atoms with Crippen LogP contribution in [0.1, 0.15) is 63.0 Å². The van der Waals surface area contributed by atoms with Crippen molar-refractivity contribution in [2.75, 3.05) is 49.1 Å². The Hall–Kier alpha value is -3.98. The van der Waals surface area contributed by atoms with Gasteiger partial charge < -0.3 is 21.7 Å². The number of fused-ring (bicyclic) bond motifs is 2. The molecule has 5 N–H and O–H groups in total. The Kier molecular flexibility index (Phi) is 8.84. The summed E-state index contributed by atoms with van der Waals surface area (Å²) in [5, 5.41) is 5.71. The number of anilines is 3. The van der Waals surface area contributed by atoms with Crippen LogP contribution < -0.4 is 21.7 Å². The lowest BCUT2D eigenvalue weighted by atomic mass is 9.89. The molecule has 0 spiro atoms. The van der Waals surface area contributed by atoms with Crippen LogP contribution >= 0.6 is 0 Å². The van der Waals surface area contributed by atoms with Crippen molar-refractivity contribution in [3.8, 4) is 0 Å². The average Bonchev–Trinajstić information content (AvgIpc) is 3.61. The molecule has 0 radical (unpaired) electrons. The number of pyridine rings is 1. The molecule has 44 heavy (non-hydrogen) atoms. The molecule has 3 aliphatic heterocycles. The third-order valence-electron chi connectivity index (χ3n) is 9.92. The molecule has 0 unspecified atom stereocenters. The lowest BCUT2D eigenvalue weighted by Gasteiger charge is -2.35. The molecule has 2 aromatic carbocycles. The van der Waals surface area contributed by atoms with Crippen LogP contribution in [0.25, 0.3) is 10.8 Å². The van der Waals surface area contributed by atoms with E-state index in [1.54, 1.807) is 12.3 Å². The van der Waals surface area contributed by atoms with Crippen LogP contribution in [0.15, 0.2) is 63.8 Å². The summed E-state index contributed by atoms with van der Waals surface area (Å²) in [7, 11) is 0. The largest absolute Gasteiger partial charge is 0.399 e. The van der Waals surface area contributed by atoms with Gasteiger partial charge in [0.25, 0.3) is 0 Å². The van der Waals surface area contributed by atoms with Crippen molar-refractivity contribution in [2.45, 2.75) is 70.4 Å². The minimum Gasteiger partial charge on any atom is -0.399 e. The second-order valence-corrected chi connectivity index (χ2v) is 12.4. The molecule has 2 saturated heterocycles. The van der Waals surface area contributed by atoms with Gasteiger partial charge >= 0.3 is 0 Å². The highest BCUT2D eigenvalue weighted by molar-refractivity contribution is 6.03. The molecular weight excluding hydrogens is 551 g/mol. The predicted octanol–water partition coefficient (Wildman–Crippen LogP) is 5.86. The minimum atomic E-state index is -0.176. The summed E-state index contributed by atoms with van der Waals surface area (Å²) in [6, 6.07) is 11.1. The van der Waals surface area contributed by atoms with Crippen molar-refractivity contribution in [1.29, 1.82) is 0 Å². The average molecular weight is 597 g/mol. The quantitative estimate of drug-likeness (QED) is 0.117. The van der Waals surface area contributed by atoms with Crippen LogP contribution in [0, 0.1) is 5.82 Å². The summed E-state index contributed by atoms with van der Waals surface area (Å²) in [5.74, 6) is 0.927. The fourth-order valence-electron chi connectivity index (χ4n) is 7.76. The van der Waals surface area contributed by atoms with Crippen LogP contribution in [0.4, 0.5) is 21.6 Å². The third-order valence-corrected chi connectivity index (χ3v) is 9.92. The lowest BCUT2D eigenvalue weighted by Crippen LogP contribution is -2.40. The summed E-state index contributed by atoms with van der Waals surface area (Å²) in [5.41, 5.74) is 18.3. The summed E-state index contributed by atoms with van der Waals surface area (Å²) >= 11 is 0. The second-order valence-electron chi connectivity index (χ2n) is 12.4. The number of hydrogen-bond acceptors (Lipinski definition) is 7. The molecule has 0 amide bonds. The van der Waals surface area contributed by atoms with Gasteiger partial charge in [0.05, 0.1) is 13.1 Å². The molecule has 4 heterocycles. The van der Waals surface area contributed by atoms with Crippen molar-refractivity contribution in [1.82, 2.24) is 15.2 Å². The molecule has 3 aromatic rings. The first-order valence-electron chi connectivity index (χ1n) is 16.1. The fraction of sp³-hybridized carbons (Fsp3) is 0.457. The van der Waals surface area contributed by atoms with E-state index in [9.17, 15) is 0 Å². The topological polar surface area (TPSA) is 108 Å². The number of rotatable bonds is 10. The number of nitrogens with one attached hydrogen (secondary N) is 1. The van der Waals surface area contributed by atoms with E-state index in [1.165, 1.54) is 45.2 Å². The van der Waals surface area contributed by atoms with Gasteiger partial charge in [-0.05, 0) is 106 Å². The number of hydrogen-bond donors (Lipinski definition) is 3. The first-order chi connectivity index (χ1) is 21.4. The highest BCUT2D eigenvalue weighted by Gasteiger charge is 2.43. The molecule has 232 valence electrons. The Morgan fingerprint density at radius 1 is 1.14 bits per heavy atom. The van der Waals surface area contributed by atoms with Gasteiger partial charge in [0, 0.05) is 58.4 Å². The standard InChI is InChI=1S/C35H45FN8/c1-3-27-29(36)10-9-24-20-26(37)21-31(32(24)27)43-19-11-28(34(39-2)42-22-25-8-4-15-41-33(25)38)30(23-43)40-16-5-12-35-13-6-17-44(35)18-7-14-35/h4,8-10,15,20-21,40H,2-3,5-7,11-14,16-19,22-23,37H2,1H3,(H2,38,41). The molecule has 2 fully saturated rings. The Morgan fingerprint density at radius 2 is 1.95 bits per heavy atom. The lowest BCUT2D eigenvalue weighted by molar-refractivity contribution is 0.179. The van der Waals surface area contributed by atoms with E-state index in [2.05, 4.69) is 31.8 Å². The van der Waals surface area contributed by atoms with Gasteiger partial charge in [-0.1, -0.05) is 19.1 Å². The minimum absolute atomic E-state index is 0.176. The van der Waals surface area contributed by atoms with Gasteiger partial charge in [-0.2, -0.15) is 0 Å². The highest BCUT2D eigenvalue weighted by atomic mass is 19.1. The second kappa shape index (κ2) is 12.9. The smallest absolute Gasteiger partial charge is 0.151 e. The zero-order chi connectivity index (χ0) is 30.7. The zero-order valence-electron chi connectivity index (χ0n) is 25.9. The van der Waals surface area contributed by atoms with Crippen molar-refractivity contribution in [3.63, 3.8) is 0 Å². The first kappa shape index (κ1) is 30.1. The SMILES string of the molecule is C=NC(=NCc1cccnc1N)C1=C(NCCCC23CCCN2CCC3)CN(c2cc(N)cc3ccc(F)c(CC)c23)CC1. The summed E-state index contributed by atoms with van der Waals surface area (Å²) in [6.07, 6.45) is 10.6. The van der Waals surface area contributed by atoms with Gasteiger partial charge in [0.2, 0.25) is 0 Å². The molecule has 0 aliphatic carbocycles. The van der Waals surface area contributed by atoms with Crippen LogP contribution in [0.3, 0.4) is 0 Å². The van der Waals surface area contributed by atoms with E-state index in [1.807, 2.05) is 37.3 Å². The number of aliphatic imine (C=N–C) groups is 2. The number of nitrogen functional groups attached to an aromatic ring is 2. The summed E-state index contributed by atoms with van der Waals surface area (Å²) in [6.45, 7) is 11.0. The Bertz CT molecular complexity index is 1590. The number of nitrogens with two attached hydrogens (primary N) is 2. The fourth-order valence-corrected chi connectivity index (χ4v) is 7.76. The van der Waals surface area contributed by atoms with E-state index in [0.29, 0.717) is 48.8 Å². The van der Waals surface area contributed by atoms with Crippen LogP contribution in [-0.2, 0) is 13.0 Å². The van der Waals surface area contributed by atoms with Gasteiger partial charge in [0.15, 0.2) is 5.84 Å². The molecule has 6 rings (SSSR count). The molecule has 1 aromatic heterocycles. The molecule has 0 bridgehead atoms. The maximum absolute atomic E-state index is 15.0. The molecule has 8 nitrogen and oxygen atoms in total. The van der Waals surface area contributed by atoms with E-state index in [0.717, 1.165) is 58.4 Å². The number of aromatic nitrogens is 1. The Labute approximate surface area is 260 Å². The van der Waals surface area contributed by atoms with E-state index < -0.39 is 0 Å². The number of nitrogens with zero attached hydrogens (tertiary/aromatic N) is 5. The number of halogens is 1. The maximum Gasteiger partial charge on any atom is 0.151 e. The van der Waals surface area contributed by atoms with Crippen LogP contribution in [0.2, 0.25) is 0 Å². The van der Waals surface area contributed by atoms with Gasteiger partial charge in [-0.3, -0.25) is 9.89 Å². The summed E-state index contributed by atoms with van der Waals surface area (Å²) < 4.78 is 15.0. The predicted molar refractivity (Wildman–Crippen MR) is 181 cm³/mol. The van der Waals surface area contributed by atoms with Crippen molar-refractivity contribution in [2.24, 2.45) is 9.98 Å². The highest BCUT2D eigenvalue weighted by Crippen LogP contribution is 2.42. The van der Waals surface area contributed by atoms with E-state index in [-0.39, 0.29) is 5.82 Å². The van der Waals surface area contributed by atoms with Crippen LogP contribution in [-0.4, -0.2) is 60.7 Å². The van der Waals surface area contributed by atoms with E-state index >= 15 is 4.39 Å². The first-order valence-corrected chi connectivity index (χ1v) is 16.1. The maximum atomic E-state index is 15.0. The number of aryl methyl sites for hydroxylation is 1. The molecule has 0 atom stereocenters. The Balaban J connectivity index is 1.30. The Morgan fingerprint density at radius 3 is 2.70 bits per heavy atom. The van der Waals surface area contributed by atoms with Gasteiger partial charge in [-0.15, -0.1) is 0 Å². The third kappa shape index (κ3) is 5.89. The zero-order valence-corrected chi connectivity index (χ0v) is 25.9. The van der Waals surface area contributed by atoms with Gasteiger partial charge in [0.1, 0.15) is 11.6 Å². The molecular formula is C35H45FN8.